The molecule has 2 aliphatic heterocycles. The third-order valence-electron chi connectivity index (χ3n) is 4.33. The van der Waals surface area contributed by atoms with Gasteiger partial charge in [0.15, 0.2) is 0 Å². The van der Waals surface area contributed by atoms with Gasteiger partial charge in [0, 0.05) is 42.3 Å². The van der Waals surface area contributed by atoms with Crippen LogP contribution in [-0.2, 0) is 49.0 Å². The van der Waals surface area contributed by atoms with Gasteiger partial charge in [-0.1, -0.05) is 35.4 Å². The van der Waals surface area contributed by atoms with E-state index in [1.165, 1.54) is 0 Å². The summed E-state index contributed by atoms with van der Waals surface area (Å²) in [7, 11) is 13.4. The highest BCUT2D eigenvalue weighted by atomic mass is 33.3. The molecule has 0 aromatic heterocycles. The lowest BCUT2D eigenvalue weighted by molar-refractivity contribution is -0.757. The molecule has 0 saturated carbocycles. The van der Waals surface area contributed by atoms with Gasteiger partial charge in [-0.2, -0.15) is 0 Å². The van der Waals surface area contributed by atoms with E-state index in [0.29, 0.717) is 19.8 Å². The van der Waals surface area contributed by atoms with Crippen molar-refractivity contribution < 1.29 is 22.4 Å². The standard InChI is InChI=1S/C12H33B2N2O3P3S9/c1-10-17-20(23)26-13(27-20,15(4,5)6)30-22(25,19-12-3)31-14(16(7,8)9)28-21(24,29-14)18-11-2/h10-12H2,1-9H3. The fraction of sp³-hybridized carbons (Fsp3) is 1.00. The predicted molar refractivity (Wildman–Crippen MR) is 171 cm³/mol. The van der Waals surface area contributed by atoms with Crippen LogP contribution in [0.15, 0.2) is 0 Å². The molecule has 0 aromatic rings. The summed E-state index contributed by atoms with van der Waals surface area (Å²) in [6, 6.07) is 0. The van der Waals surface area contributed by atoms with Crippen molar-refractivity contribution in [1.82, 2.24) is 0 Å². The molecule has 2 aliphatic rings. The van der Waals surface area contributed by atoms with Crippen molar-refractivity contribution in [2.24, 2.45) is 0 Å². The summed E-state index contributed by atoms with van der Waals surface area (Å²) in [4.78, 5) is 0. The van der Waals surface area contributed by atoms with Crippen LogP contribution >= 0.6 is 81.4 Å². The van der Waals surface area contributed by atoms with Crippen LogP contribution in [0.2, 0.25) is 0 Å². The van der Waals surface area contributed by atoms with E-state index in [-0.39, 0.29) is 0 Å². The SMILES string of the molecule is CCOP1(=S)S[B-](SP(=S)(OCC)S[B-]2([N+](C)(C)C)SP(=S)(OCC)S2)([N+](C)(C)C)S1. The van der Waals surface area contributed by atoms with Crippen LogP contribution in [-0.4, -0.2) is 79.1 Å². The lowest BCUT2D eigenvalue weighted by Gasteiger charge is -2.64. The minimum absolute atomic E-state index is 0.605. The quantitative estimate of drug-likeness (QED) is 0.154. The van der Waals surface area contributed by atoms with E-state index < -0.39 is 22.2 Å². The Hall–Kier alpha value is 3.98. The van der Waals surface area contributed by atoms with Crippen LogP contribution < -0.4 is 0 Å². The Balaban J connectivity index is 2.35. The van der Waals surface area contributed by atoms with Crippen LogP contribution in [0.5, 0.6) is 0 Å². The van der Waals surface area contributed by atoms with Crippen LogP contribution in [0.3, 0.4) is 0 Å². The Labute approximate surface area is 228 Å². The Bertz CT molecular complexity index is 745. The third kappa shape index (κ3) is 7.10. The van der Waals surface area contributed by atoms with Crippen LogP contribution in [0.4, 0.5) is 0 Å². The van der Waals surface area contributed by atoms with Crippen molar-refractivity contribution in [2.45, 2.75) is 20.8 Å². The van der Waals surface area contributed by atoms with Gasteiger partial charge in [0.25, 0.3) is 0 Å². The largest absolute Gasteiger partial charge is 0.494 e. The van der Waals surface area contributed by atoms with E-state index in [1.54, 1.807) is 0 Å². The molecular formula is C12H33B2N2O3P3S9. The van der Waals surface area contributed by atoms with Gasteiger partial charge >= 0.3 is 8.23 Å². The first-order valence-corrected chi connectivity index (χ1v) is 26.9. The second-order valence-electron chi connectivity index (χ2n) is 8.67. The number of hydrogen-bond acceptors (Lipinski definition) is 12. The monoisotopic (exact) mass is 656 g/mol. The summed E-state index contributed by atoms with van der Waals surface area (Å²) in [5.41, 5.74) is 0. The van der Waals surface area contributed by atoms with E-state index in [1.807, 2.05) is 88.2 Å². The molecule has 0 unspecified atom stereocenters. The maximum absolute atomic E-state index is 6.42. The van der Waals surface area contributed by atoms with Crippen molar-refractivity contribution >= 4 is 125 Å². The van der Waals surface area contributed by atoms with Gasteiger partial charge in [-0.25, -0.2) is 67.4 Å². The van der Waals surface area contributed by atoms with Crippen LogP contribution in [0.25, 0.3) is 0 Å². The predicted octanol–water partition coefficient (Wildman–Crippen LogP) is 7.48. The summed E-state index contributed by atoms with van der Waals surface area (Å²) < 4.78 is 11.8. The van der Waals surface area contributed by atoms with Gasteiger partial charge in [-0.3, -0.25) is 0 Å². The zero-order valence-electron chi connectivity index (χ0n) is 19.4. The highest BCUT2D eigenvalue weighted by molar-refractivity contribution is 9.40. The van der Waals surface area contributed by atoms with Gasteiger partial charge in [-0.15, -0.1) is 0 Å². The molecule has 0 N–H and O–H groups in total. The second-order valence-corrected chi connectivity index (χ2v) is 43.2. The summed E-state index contributed by atoms with van der Waals surface area (Å²) in [5, 5.41) is 0. The van der Waals surface area contributed by atoms with Gasteiger partial charge in [-0.05, 0) is 20.8 Å². The first-order chi connectivity index (χ1) is 13.9. The van der Waals surface area contributed by atoms with Gasteiger partial charge < -0.3 is 22.4 Å². The minimum Gasteiger partial charge on any atom is -0.494 e. The summed E-state index contributed by atoms with van der Waals surface area (Å²) in [6.07, 6.45) is 0. The molecule has 2 rings (SSSR count). The lowest BCUT2D eigenvalue weighted by Crippen LogP contribution is -2.59. The molecule has 5 nitrogen and oxygen atoms in total. The van der Waals surface area contributed by atoms with Gasteiger partial charge in [0.1, 0.15) is 14.0 Å². The molecule has 0 radical (unpaired) electrons. The van der Waals surface area contributed by atoms with Gasteiger partial charge in [0.05, 0.1) is 19.8 Å². The third-order valence-corrected chi connectivity index (χ3v) is 43.9. The Morgan fingerprint density at radius 2 is 1.06 bits per heavy atom. The van der Waals surface area contributed by atoms with Crippen LogP contribution in [0.1, 0.15) is 20.8 Å². The maximum Gasteiger partial charge on any atom is 0.393 e. The number of quaternary nitrogens is 2. The average Bonchev–Trinajstić information content (AvgIpc) is 2.49. The van der Waals surface area contributed by atoms with Crippen LogP contribution in [0, 0.1) is 0 Å². The molecular weight excluding hydrogens is 623 g/mol. The number of nitrogens with zero attached hydrogens (tertiary/aromatic N) is 2. The minimum atomic E-state index is -2.30. The van der Waals surface area contributed by atoms with Crippen molar-refractivity contribution in [2.75, 3.05) is 62.1 Å². The van der Waals surface area contributed by atoms with E-state index in [4.69, 9.17) is 49.0 Å². The smallest absolute Gasteiger partial charge is 0.393 e. The molecule has 0 amide bonds. The molecule has 0 bridgehead atoms. The number of hydrogen-bond donors (Lipinski definition) is 0. The zero-order valence-corrected chi connectivity index (χ0v) is 29.4. The Kier molecular flexibility index (Phi) is 11.1. The Morgan fingerprint density at radius 1 is 0.742 bits per heavy atom. The van der Waals surface area contributed by atoms with E-state index in [9.17, 15) is 0 Å². The molecule has 184 valence electrons. The number of rotatable bonds is 12. The maximum atomic E-state index is 6.42. The van der Waals surface area contributed by atoms with E-state index in [0.717, 1.165) is 8.79 Å². The second kappa shape index (κ2) is 11.0. The molecule has 0 atom stereocenters. The van der Waals surface area contributed by atoms with Crippen molar-refractivity contribution in [3.63, 3.8) is 0 Å². The highest BCUT2D eigenvalue weighted by Gasteiger charge is 2.62. The molecule has 2 heterocycles. The molecule has 2 fully saturated rings. The molecule has 19 heteroatoms. The normalized spacial score (nSPS) is 38.2. The highest BCUT2D eigenvalue weighted by Crippen LogP contribution is 2.98. The molecule has 2 saturated heterocycles. The summed E-state index contributed by atoms with van der Waals surface area (Å²) >= 11 is 29.3. The van der Waals surface area contributed by atoms with E-state index in [2.05, 4.69) is 42.3 Å². The lowest BCUT2D eigenvalue weighted by atomic mass is 10.2. The van der Waals surface area contributed by atoms with E-state index >= 15 is 0 Å². The summed E-state index contributed by atoms with van der Waals surface area (Å²) in [5.74, 6) is 0. The molecule has 0 aliphatic carbocycles. The topological polar surface area (TPSA) is 27.7 Å². The Morgan fingerprint density at radius 3 is 1.29 bits per heavy atom. The fourth-order valence-corrected chi connectivity index (χ4v) is 64.2. The van der Waals surface area contributed by atoms with Crippen molar-refractivity contribution in [1.29, 1.82) is 0 Å². The van der Waals surface area contributed by atoms with Gasteiger partial charge in [0.2, 0.25) is 0 Å². The molecule has 0 aromatic carbocycles. The zero-order chi connectivity index (χ0) is 24.0. The fourth-order valence-electron chi connectivity index (χ4n) is 2.60. The van der Waals surface area contributed by atoms with Crippen molar-refractivity contribution in [3.05, 3.63) is 0 Å². The first-order valence-electron chi connectivity index (χ1n) is 9.79. The average molecular weight is 657 g/mol. The first kappa shape index (κ1) is 31.2. The molecule has 31 heavy (non-hydrogen) atoms. The summed E-state index contributed by atoms with van der Waals surface area (Å²) in [6.45, 7) is 7.99. The van der Waals surface area contributed by atoms with Crippen molar-refractivity contribution in [3.8, 4) is 0 Å². The molecule has 0 spiro atoms.